The molecule has 0 atom stereocenters. The van der Waals surface area contributed by atoms with Gasteiger partial charge in [0.05, 0.1) is 0 Å². The molecule has 2 heterocycles. The second-order valence-corrected chi connectivity index (χ2v) is 8.04. The van der Waals surface area contributed by atoms with Gasteiger partial charge in [0, 0.05) is 29.2 Å². The Morgan fingerprint density at radius 2 is 2.00 bits per heavy atom. The van der Waals surface area contributed by atoms with Crippen LogP contribution in [0.3, 0.4) is 0 Å². The highest BCUT2D eigenvalue weighted by Gasteiger charge is 2.21. The van der Waals surface area contributed by atoms with Crippen LogP contribution in [0.1, 0.15) is 12.2 Å². The van der Waals surface area contributed by atoms with Crippen molar-refractivity contribution in [2.24, 2.45) is 0 Å². The number of aryl methyl sites for hydroxylation is 1. The van der Waals surface area contributed by atoms with Crippen LogP contribution in [-0.4, -0.2) is 23.2 Å². The molecule has 6 nitrogen and oxygen atoms in total. The molecule has 134 valence electrons. The Kier molecular flexibility index (Phi) is 4.16. The zero-order valence-electron chi connectivity index (χ0n) is 13.5. The van der Waals surface area contributed by atoms with E-state index in [9.17, 15) is 12.8 Å². The van der Waals surface area contributed by atoms with E-state index < -0.39 is 20.7 Å². The van der Waals surface area contributed by atoms with Gasteiger partial charge in [0.15, 0.2) is 5.82 Å². The second kappa shape index (κ2) is 6.37. The van der Waals surface area contributed by atoms with Gasteiger partial charge in [0.2, 0.25) is 0 Å². The molecule has 0 saturated heterocycles. The van der Waals surface area contributed by atoms with Gasteiger partial charge < -0.3 is 4.57 Å². The fourth-order valence-corrected chi connectivity index (χ4v) is 4.26. The van der Waals surface area contributed by atoms with Crippen molar-refractivity contribution in [3.63, 3.8) is 0 Å². The minimum Gasteiger partial charge on any atom is -0.311 e. The van der Waals surface area contributed by atoms with Crippen molar-refractivity contribution >= 4 is 27.3 Å². The van der Waals surface area contributed by atoms with Crippen LogP contribution in [0.25, 0.3) is 11.4 Å². The summed E-state index contributed by atoms with van der Waals surface area (Å²) in [5.41, 5.74) is 1.05. The smallest absolute Gasteiger partial charge is 0.264 e. The Labute approximate surface area is 154 Å². The van der Waals surface area contributed by atoms with E-state index in [4.69, 9.17) is 11.6 Å². The molecule has 4 rings (SSSR count). The van der Waals surface area contributed by atoms with Crippen molar-refractivity contribution < 1.29 is 12.8 Å². The highest BCUT2D eigenvalue weighted by Crippen LogP contribution is 2.27. The highest BCUT2D eigenvalue weighted by atomic mass is 35.5. The maximum atomic E-state index is 14.0. The van der Waals surface area contributed by atoms with Gasteiger partial charge in [-0.15, -0.1) is 10.2 Å². The van der Waals surface area contributed by atoms with Gasteiger partial charge in [0.1, 0.15) is 16.5 Å². The van der Waals surface area contributed by atoms with E-state index in [2.05, 4.69) is 14.9 Å². The molecule has 2 aromatic carbocycles. The lowest BCUT2D eigenvalue weighted by Crippen LogP contribution is -2.14. The predicted octanol–water partition coefficient (Wildman–Crippen LogP) is 3.48. The van der Waals surface area contributed by atoms with Crippen molar-refractivity contribution in [3.8, 4) is 11.4 Å². The SMILES string of the molecule is O=S(=O)(Nc1cccc(-c2nnc3n2CCC3)c1)c1ccc(Cl)cc1F. The first-order valence-corrected chi connectivity index (χ1v) is 9.80. The molecule has 1 aliphatic rings. The summed E-state index contributed by atoms with van der Waals surface area (Å²) >= 11 is 5.68. The molecule has 0 bridgehead atoms. The summed E-state index contributed by atoms with van der Waals surface area (Å²) in [5.74, 6) is 0.710. The lowest BCUT2D eigenvalue weighted by atomic mass is 10.2. The fourth-order valence-electron chi connectivity index (χ4n) is 2.99. The zero-order valence-corrected chi connectivity index (χ0v) is 15.1. The van der Waals surface area contributed by atoms with Gasteiger partial charge in [-0.1, -0.05) is 23.7 Å². The molecular weight excluding hydrogens is 379 g/mol. The Balaban J connectivity index is 1.67. The minimum atomic E-state index is -4.08. The first kappa shape index (κ1) is 17.0. The van der Waals surface area contributed by atoms with Crippen LogP contribution >= 0.6 is 11.6 Å². The first-order valence-electron chi connectivity index (χ1n) is 7.94. The third kappa shape index (κ3) is 3.06. The van der Waals surface area contributed by atoms with Gasteiger partial charge in [-0.3, -0.25) is 4.72 Å². The van der Waals surface area contributed by atoms with E-state index in [1.807, 2.05) is 10.6 Å². The van der Waals surface area contributed by atoms with Crippen LogP contribution in [0.4, 0.5) is 10.1 Å². The van der Waals surface area contributed by atoms with E-state index in [1.165, 1.54) is 6.07 Å². The van der Waals surface area contributed by atoms with Crippen molar-refractivity contribution in [2.75, 3.05) is 4.72 Å². The number of sulfonamides is 1. The van der Waals surface area contributed by atoms with Gasteiger partial charge in [-0.2, -0.15) is 0 Å². The topological polar surface area (TPSA) is 76.9 Å². The summed E-state index contributed by atoms with van der Waals surface area (Å²) in [6, 6.07) is 10.2. The molecule has 3 aromatic rings. The van der Waals surface area contributed by atoms with E-state index in [0.717, 1.165) is 42.9 Å². The van der Waals surface area contributed by atoms with Crippen molar-refractivity contribution in [3.05, 3.63) is 59.1 Å². The number of aromatic nitrogens is 3. The normalized spacial score (nSPS) is 13.6. The van der Waals surface area contributed by atoms with Crippen molar-refractivity contribution in [1.29, 1.82) is 0 Å². The molecule has 0 aliphatic carbocycles. The quantitative estimate of drug-likeness (QED) is 0.737. The molecule has 1 aliphatic heterocycles. The summed E-state index contributed by atoms with van der Waals surface area (Å²) < 4.78 is 43.4. The number of hydrogen-bond acceptors (Lipinski definition) is 4. The Morgan fingerprint density at radius 3 is 2.81 bits per heavy atom. The van der Waals surface area contributed by atoms with Gasteiger partial charge >= 0.3 is 0 Å². The summed E-state index contributed by atoms with van der Waals surface area (Å²) in [7, 11) is -4.08. The number of nitrogens with one attached hydrogen (secondary N) is 1. The van der Waals surface area contributed by atoms with E-state index >= 15 is 0 Å². The highest BCUT2D eigenvalue weighted by molar-refractivity contribution is 7.92. The molecular formula is C17H14ClFN4O2S. The average Bonchev–Trinajstić information content (AvgIpc) is 3.17. The molecule has 0 saturated carbocycles. The van der Waals surface area contributed by atoms with Gasteiger partial charge in [-0.05, 0) is 36.8 Å². The number of nitrogens with zero attached hydrogens (tertiary/aromatic N) is 3. The van der Waals surface area contributed by atoms with E-state index in [0.29, 0.717) is 11.5 Å². The molecule has 26 heavy (non-hydrogen) atoms. The second-order valence-electron chi connectivity index (χ2n) is 5.96. The van der Waals surface area contributed by atoms with Crippen molar-refractivity contribution in [1.82, 2.24) is 14.8 Å². The monoisotopic (exact) mass is 392 g/mol. The summed E-state index contributed by atoms with van der Waals surface area (Å²) in [6.45, 7) is 0.837. The number of fused-ring (bicyclic) bond motifs is 1. The number of halogens is 2. The number of hydrogen-bond donors (Lipinski definition) is 1. The number of anilines is 1. The molecule has 1 aromatic heterocycles. The van der Waals surface area contributed by atoms with Crippen LogP contribution in [0, 0.1) is 5.82 Å². The number of rotatable bonds is 4. The standard InChI is InChI=1S/C17H14ClFN4O2S/c18-12-6-7-15(14(19)10-12)26(24,25)22-13-4-1-3-11(9-13)17-21-20-16-5-2-8-23(16)17/h1,3-4,6-7,9-10,22H,2,5,8H2. The molecule has 0 spiro atoms. The predicted molar refractivity (Wildman–Crippen MR) is 96.0 cm³/mol. The maximum absolute atomic E-state index is 14.0. The third-order valence-corrected chi connectivity index (χ3v) is 5.82. The molecule has 9 heteroatoms. The lowest BCUT2D eigenvalue weighted by Gasteiger charge is -2.10. The Bertz CT molecular complexity index is 1100. The Morgan fingerprint density at radius 1 is 1.15 bits per heavy atom. The summed E-state index contributed by atoms with van der Waals surface area (Å²) in [6.07, 6.45) is 1.90. The largest absolute Gasteiger partial charge is 0.311 e. The summed E-state index contributed by atoms with van der Waals surface area (Å²) in [4.78, 5) is -0.462. The maximum Gasteiger partial charge on any atom is 0.264 e. The van der Waals surface area contributed by atoms with Crippen molar-refractivity contribution in [2.45, 2.75) is 24.3 Å². The Hall–Kier alpha value is -2.45. The van der Waals surface area contributed by atoms with Crippen LogP contribution in [0.2, 0.25) is 5.02 Å². The molecule has 0 fully saturated rings. The van der Waals surface area contributed by atoms with Crippen LogP contribution < -0.4 is 4.72 Å². The zero-order chi connectivity index (χ0) is 18.3. The van der Waals surface area contributed by atoms with Crippen LogP contribution in [-0.2, 0) is 23.0 Å². The third-order valence-electron chi connectivity index (χ3n) is 4.17. The molecule has 1 N–H and O–H groups in total. The van der Waals surface area contributed by atoms with Gasteiger partial charge in [-0.25, -0.2) is 12.8 Å². The fraction of sp³-hybridized carbons (Fsp3) is 0.176. The first-order chi connectivity index (χ1) is 12.4. The molecule has 0 amide bonds. The van der Waals surface area contributed by atoms with Gasteiger partial charge in [0.25, 0.3) is 10.0 Å². The average molecular weight is 393 g/mol. The lowest BCUT2D eigenvalue weighted by molar-refractivity contribution is 0.570. The van der Waals surface area contributed by atoms with Crippen LogP contribution in [0.15, 0.2) is 47.4 Å². The van der Waals surface area contributed by atoms with E-state index in [-0.39, 0.29) is 5.02 Å². The van der Waals surface area contributed by atoms with Crippen LogP contribution in [0.5, 0.6) is 0 Å². The number of benzene rings is 2. The minimum absolute atomic E-state index is 0.129. The molecule has 0 unspecified atom stereocenters. The molecule has 0 radical (unpaired) electrons. The van der Waals surface area contributed by atoms with E-state index in [1.54, 1.807) is 18.2 Å². The summed E-state index contributed by atoms with van der Waals surface area (Å²) in [5, 5.41) is 8.47.